The number of ether oxygens (including phenoxy) is 1. The van der Waals surface area contributed by atoms with E-state index in [9.17, 15) is 19.1 Å². The Balaban J connectivity index is 1.94. The number of aromatic nitrogens is 2. The number of carbonyl (C=O) groups is 1. The maximum Gasteiger partial charge on any atom is 0.418 e. The molecule has 0 aliphatic heterocycles. The molecule has 182 valence electrons. The molecule has 1 heterocycles. The van der Waals surface area contributed by atoms with Crippen molar-refractivity contribution < 1.29 is 23.5 Å². The number of thioether (sulfide) groups is 1. The van der Waals surface area contributed by atoms with E-state index in [1.165, 1.54) is 11.8 Å². The number of aliphatic hydroxyl groups excluding tert-OH is 1. The number of hydrogen-bond acceptors (Lipinski definition) is 7. The fraction of sp³-hybridized carbons (Fsp3) is 0.500. The predicted octanol–water partition coefficient (Wildman–Crippen LogP) is 4.63. The Kier molecular flexibility index (Phi) is 9.24. The van der Waals surface area contributed by atoms with Gasteiger partial charge in [0.15, 0.2) is 20.0 Å². The van der Waals surface area contributed by atoms with E-state index in [4.69, 9.17) is 9.16 Å². The Hall–Kier alpha value is -2.21. The molecule has 0 bridgehead atoms. The summed E-state index contributed by atoms with van der Waals surface area (Å²) in [6, 6.07) is 7.79. The Morgan fingerprint density at radius 2 is 1.94 bits per heavy atom. The van der Waals surface area contributed by atoms with Crippen molar-refractivity contribution in [3.05, 3.63) is 52.8 Å². The second kappa shape index (κ2) is 11.3. The van der Waals surface area contributed by atoms with E-state index in [0.717, 1.165) is 10.8 Å². The van der Waals surface area contributed by atoms with Gasteiger partial charge in [-0.25, -0.2) is 14.0 Å². The molecule has 0 aliphatic carbocycles. The summed E-state index contributed by atoms with van der Waals surface area (Å²) in [6.07, 6.45) is 0.0233. The highest BCUT2D eigenvalue weighted by Crippen LogP contribution is 2.36. The van der Waals surface area contributed by atoms with Gasteiger partial charge in [-0.2, -0.15) is 4.98 Å². The van der Waals surface area contributed by atoms with Crippen LogP contribution in [0.25, 0.3) is 0 Å². The molecule has 33 heavy (non-hydrogen) atoms. The summed E-state index contributed by atoms with van der Waals surface area (Å²) in [6.45, 7) is 12.5. The van der Waals surface area contributed by atoms with Crippen LogP contribution in [0.1, 0.15) is 33.7 Å². The highest BCUT2D eigenvalue weighted by atomic mass is 32.2. The lowest BCUT2D eigenvalue weighted by Gasteiger charge is -2.36. The average Bonchev–Trinajstić information content (AvgIpc) is 2.72. The van der Waals surface area contributed by atoms with E-state index in [1.807, 2.05) is 0 Å². The fourth-order valence-electron chi connectivity index (χ4n) is 2.44. The molecule has 1 amide bonds. The SMILES string of the molecule is C[C@@H](CS[C@@H](O)CO[Si](C)(C)C(C)(C)C)n1cc(F)c(NC(=O)Oc2ccccc2)nc1=O. The van der Waals surface area contributed by atoms with E-state index in [2.05, 4.69) is 44.2 Å². The average molecular weight is 498 g/mol. The second-order valence-corrected chi connectivity index (χ2v) is 15.2. The molecule has 0 aliphatic rings. The van der Waals surface area contributed by atoms with Gasteiger partial charge < -0.3 is 14.3 Å². The molecule has 2 atom stereocenters. The monoisotopic (exact) mass is 497 g/mol. The summed E-state index contributed by atoms with van der Waals surface area (Å²) in [7, 11) is -1.98. The van der Waals surface area contributed by atoms with E-state index in [1.54, 1.807) is 37.3 Å². The molecule has 0 spiro atoms. The number of carbonyl (C=O) groups excluding carboxylic acids is 1. The maximum atomic E-state index is 14.5. The lowest BCUT2D eigenvalue weighted by atomic mass is 10.2. The molecular weight excluding hydrogens is 465 g/mol. The third kappa shape index (κ3) is 7.95. The normalized spacial score (nSPS) is 13.9. The number of nitrogens with zero attached hydrogens (tertiary/aromatic N) is 2. The molecule has 0 fully saturated rings. The minimum absolute atomic E-state index is 0.0322. The van der Waals surface area contributed by atoms with Crippen molar-refractivity contribution in [3.8, 4) is 5.75 Å². The summed E-state index contributed by atoms with van der Waals surface area (Å²) in [5.74, 6) is -0.783. The van der Waals surface area contributed by atoms with Crippen LogP contribution in [0.3, 0.4) is 0 Å². The summed E-state index contributed by atoms with van der Waals surface area (Å²) >= 11 is 1.21. The van der Waals surface area contributed by atoms with E-state index in [0.29, 0.717) is 5.75 Å². The van der Waals surface area contributed by atoms with Gasteiger partial charge in [0, 0.05) is 18.0 Å². The molecule has 0 saturated carbocycles. The molecule has 2 rings (SSSR count). The van der Waals surface area contributed by atoms with Crippen LogP contribution in [-0.2, 0) is 4.43 Å². The van der Waals surface area contributed by atoms with Gasteiger partial charge in [0.1, 0.15) is 11.2 Å². The summed E-state index contributed by atoms with van der Waals surface area (Å²) in [5.41, 5.74) is -1.50. The van der Waals surface area contributed by atoms with Crippen LogP contribution in [0.2, 0.25) is 18.1 Å². The molecule has 1 aromatic carbocycles. The van der Waals surface area contributed by atoms with Crippen molar-refractivity contribution in [2.24, 2.45) is 0 Å². The molecule has 0 unspecified atom stereocenters. The van der Waals surface area contributed by atoms with Crippen LogP contribution in [0.15, 0.2) is 41.3 Å². The highest BCUT2D eigenvalue weighted by Gasteiger charge is 2.37. The Labute approximate surface area is 198 Å². The molecule has 0 saturated heterocycles. The van der Waals surface area contributed by atoms with Crippen molar-refractivity contribution >= 4 is 32.0 Å². The lowest BCUT2D eigenvalue weighted by Crippen LogP contribution is -2.42. The molecule has 1 aromatic heterocycles. The van der Waals surface area contributed by atoms with Gasteiger partial charge >= 0.3 is 11.8 Å². The van der Waals surface area contributed by atoms with Crippen molar-refractivity contribution in [3.63, 3.8) is 0 Å². The molecule has 2 N–H and O–H groups in total. The first kappa shape index (κ1) is 27.0. The maximum absolute atomic E-state index is 14.5. The first-order chi connectivity index (χ1) is 15.3. The smallest absolute Gasteiger partial charge is 0.413 e. The van der Waals surface area contributed by atoms with Crippen LogP contribution in [0, 0.1) is 5.82 Å². The van der Waals surface area contributed by atoms with E-state index < -0.39 is 43.2 Å². The van der Waals surface area contributed by atoms with Crippen molar-refractivity contribution in [2.45, 2.75) is 57.3 Å². The minimum Gasteiger partial charge on any atom is -0.413 e. The highest BCUT2D eigenvalue weighted by molar-refractivity contribution is 7.99. The summed E-state index contributed by atoms with van der Waals surface area (Å²) < 4.78 is 26.6. The molecule has 8 nitrogen and oxygen atoms in total. The van der Waals surface area contributed by atoms with Crippen molar-refractivity contribution in [1.29, 1.82) is 0 Å². The zero-order valence-electron chi connectivity index (χ0n) is 19.8. The van der Waals surface area contributed by atoms with Crippen LogP contribution in [-0.4, -0.2) is 46.9 Å². The number of hydrogen-bond donors (Lipinski definition) is 2. The lowest BCUT2D eigenvalue weighted by molar-refractivity contribution is 0.164. The standard InChI is InChI=1S/C22H32FN3O5SSi/c1-15(14-32-18(27)13-30-33(5,6)22(2,3)4)26-12-17(23)19(24-20(26)28)25-21(29)31-16-10-8-7-9-11-16/h7-12,15,18,27H,13-14H2,1-6H3,(H,24,25,28,29)/t15-,18+/m0/s1. The number of rotatable bonds is 9. The quantitative estimate of drug-likeness (QED) is 0.385. The number of anilines is 1. The van der Waals surface area contributed by atoms with Gasteiger partial charge in [-0.1, -0.05) is 39.0 Å². The van der Waals surface area contributed by atoms with Crippen LogP contribution in [0.5, 0.6) is 5.75 Å². The Morgan fingerprint density at radius 3 is 2.55 bits per heavy atom. The number of nitrogens with one attached hydrogen (secondary N) is 1. The molecule has 2 aromatic rings. The number of benzene rings is 1. The zero-order chi connectivity index (χ0) is 24.8. The van der Waals surface area contributed by atoms with Gasteiger partial charge in [0.05, 0.1) is 6.61 Å². The van der Waals surface area contributed by atoms with E-state index >= 15 is 0 Å². The number of amides is 1. The second-order valence-electron chi connectivity index (χ2n) is 9.16. The Morgan fingerprint density at radius 1 is 1.30 bits per heavy atom. The van der Waals surface area contributed by atoms with Crippen molar-refractivity contribution in [1.82, 2.24) is 9.55 Å². The third-order valence-corrected chi connectivity index (χ3v) is 11.2. The summed E-state index contributed by atoms with van der Waals surface area (Å²) in [5, 5.41) is 12.5. The number of para-hydroxylation sites is 1. The predicted molar refractivity (Wildman–Crippen MR) is 131 cm³/mol. The summed E-state index contributed by atoms with van der Waals surface area (Å²) in [4.78, 5) is 28.0. The largest absolute Gasteiger partial charge is 0.418 e. The van der Waals surface area contributed by atoms with Crippen LogP contribution < -0.4 is 15.7 Å². The third-order valence-electron chi connectivity index (χ3n) is 5.48. The topological polar surface area (TPSA) is 103 Å². The van der Waals surface area contributed by atoms with Gasteiger partial charge in [-0.15, -0.1) is 11.8 Å². The zero-order valence-corrected chi connectivity index (χ0v) is 21.6. The molecule has 0 radical (unpaired) electrons. The first-order valence-corrected chi connectivity index (χ1v) is 14.5. The van der Waals surface area contributed by atoms with Crippen LogP contribution in [0.4, 0.5) is 15.0 Å². The fourth-order valence-corrected chi connectivity index (χ4v) is 4.40. The molecule has 11 heteroatoms. The Bertz CT molecular complexity index is 998. The number of aliphatic hydroxyl groups is 1. The van der Waals surface area contributed by atoms with Gasteiger partial charge in [-0.3, -0.25) is 9.88 Å². The van der Waals surface area contributed by atoms with Crippen molar-refractivity contribution in [2.75, 3.05) is 17.7 Å². The molecular formula is C22H32FN3O5SSi. The van der Waals surface area contributed by atoms with Gasteiger partial charge in [0.2, 0.25) is 0 Å². The minimum atomic E-state index is -1.98. The number of halogens is 1. The van der Waals surface area contributed by atoms with Gasteiger partial charge in [0.25, 0.3) is 0 Å². The van der Waals surface area contributed by atoms with Gasteiger partial charge in [-0.05, 0) is 37.2 Å². The first-order valence-electron chi connectivity index (χ1n) is 10.6. The van der Waals surface area contributed by atoms with E-state index in [-0.39, 0.29) is 17.4 Å². The van der Waals surface area contributed by atoms with Crippen LogP contribution >= 0.6 is 11.8 Å².